The number of nitrogens with zero attached hydrogens (tertiary/aromatic N) is 2. The van der Waals surface area contributed by atoms with Crippen LogP contribution in [0.4, 0.5) is 5.69 Å². The third-order valence-electron chi connectivity index (χ3n) is 6.12. The number of sulfonamides is 1. The highest BCUT2D eigenvalue weighted by Crippen LogP contribution is 2.23. The Kier molecular flexibility index (Phi) is 7.92. The first-order chi connectivity index (χ1) is 15.6. The van der Waals surface area contributed by atoms with E-state index in [0.717, 1.165) is 28.8 Å². The fourth-order valence-corrected chi connectivity index (χ4v) is 5.82. The van der Waals surface area contributed by atoms with Crippen molar-refractivity contribution in [3.8, 4) is 0 Å². The summed E-state index contributed by atoms with van der Waals surface area (Å²) in [5, 5.41) is 2.95. The number of aryl methyl sites for hydroxylation is 4. The van der Waals surface area contributed by atoms with Crippen molar-refractivity contribution in [3.05, 3.63) is 58.7 Å². The van der Waals surface area contributed by atoms with Crippen molar-refractivity contribution < 1.29 is 18.0 Å². The third kappa shape index (κ3) is 5.81. The van der Waals surface area contributed by atoms with Gasteiger partial charge in [-0.25, -0.2) is 8.42 Å². The second-order valence-electron chi connectivity index (χ2n) is 8.56. The van der Waals surface area contributed by atoms with E-state index in [4.69, 9.17) is 0 Å². The summed E-state index contributed by atoms with van der Waals surface area (Å²) >= 11 is 0. The predicted octanol–water partition coefficient (Wildman–Crippen LogP) is 3.43. The number of piperazine rings is 1. The monoisotopic (exact) mass is 471 g/mol. The molecular weight excluding hydrogens is 438 g/mol. The van der Waals surface area contributed by atoms with E-state index in [9.17, 15) is 18.0 Å². The van der Waals surface area contributed by atoms with E-state index in [-0.39, 0.29) is 37.7 Å². The zero-order valence-electron chi connectivity index (χ0n) is 19.8. The van der Waals surface area contributed by atoms with E-state index in [1.165, 1.54) is 4.31 Å². The summed E-state index contributed by atoms with van der Waals surface area (Å²) in [5.74, 6) is -0.321. The molecule has 1 saturated heterocycles. The van der Waals surface area contributed by atoms with Crippen LogP contribution in [0.25, 0.3) is 0 Å². The molecule has 33 heavy (non-hydrogen) atoms. The van der Waals surface area contributed by atoms with Crippen LogP contribution in [0.15, 0.2) is 41.3 Å². The first kappa shape index (κ1) is 24.9. The highest BCUT2D eigenvalue weighted by molar-refractivity contribution is 7.89. The van der Waals surface area contributed by atoms with E-state index >= 15 is 0 Å². The number of para-hydroxylation sites is 1. The van der Waals surface area contributed by atoms with Gasteiger partial charge in [-0.1, -0.05) is 37.3 Å². The molecule has 0 aliphatic carbocycles. The van der Waals surface area contributed by atoms with Crippen LogP contribution in [0.5, 0.6) is 0 Å². The van der Waals surface area contributed by atoms with Gasteiger partial charge in [0.1, 0.15) is 0 Å². The molecule has 3 rings (SSSR count). The largest absolute Gasteiger partial charge is 0.340 e. The Morgan fingerprint density at radius 2 is 1.64 bits per heavy atom. The number of carbonyl (C=O) groups is 2. The van der Waals surface area contributed by atoms with Gasteiger partial charge in [0, 0.05) is 44.7 Å². The number of hydrogen-bond donors (Lipinski definition) is 1. The van der Waals surface area contributed by atoms with Crippen molar-refractivity contribution in [2.45, 2.75) is 51.9 Å². The van der Waals surface area contributed by atoms with Crippen molar-refractivity contribution in [1.82, 2.24) is 9.21 Å². The molecule has 8 heteroatoms. The summed E-state index contributed by atoms with van der Waals surface area (Å²) < 4.78 is 27.6. The Labute approximate surface area is 196 Å². The lowest BCUT2D eigenvalue weighted by atomic mass is 10.1. The summed E-state index contributed by atoms with van der Waals surface area (Å²) in [5.41, 5.74) is 4.49. The zero-order valence-corrected chi connectivity index (χ0v) is 20.7. The summed E-state index contributed by atoms with van der Waals surface area (Å²) in [4.78, 5) is 27.1. The molecule has 7 nitrogen and oxygen atoms in total. The molecule has 2 aromatic carbocycles. The van der Waals surface area contributed by atoms with Crippen LogP contribution < -0.4 is 5.32 Å². The van der Waals surface area contributed by atoms with E-state index in [1.807, 2.05) is 51.1 Å². The predicted molar refractivity (Wildman–Crippen MR) is 130 cm³/mol. The van der Waals surface area contributed by atoms with E-state index in [2.05, 4.69) is 5.32 Å². The lowest BCUT2D eigenvalue weighted by molar-refractivity contribution is -0.133. The minimum absolute atomic E-state index is 0.0946. The van der Waals surface area contributed by atoms with Crippen molar-refractivity contribution >= 4 is 27.5 Å². The van der Waals surface area contributed by atoms with Crippen molar-refractivity contribution in [3.63, 3.8) is 0 Å². The second-order valence-corrected chi connectivity index (χ2v) is 10.5. The standard InChI is InChI=1S/C25H33N3O4S/c1-5-21-8-6-7-20(4)25(21)26-23(29)11-12-24(30)27-13-15-28(16-14-27)33(31,32)22-17-18(2)9-10-19(22)3/h6-10,17H,5,11-16H2,1-4H3,(H,26,29). The van der Waals surface area contributed by atoms with Crippen LogP contribution in [0, 0.1) is 20.8 Å². The number of rotatable bonds is 7. The van der Waals surface area contributed by atoms with Crippen LogP contribution in [-0.4, -0.2) is 55.6 Å². The van der Waals surface area contributed by atoms with Gasteiger partial charge in [-0.3, -0.25) is 9.59 Å². The van der Waals surface area contributed by atoms with Crippen molar-refractivity contribution in [2.75, 3.05) is 31.5 Å². The molecule has 0 radical (unpaired) electrons. The van der Waals surface area contributed by atoms with Gasteiger partial charge >= 0.3 is 0 Å². The Morgan fingerprint density at radius 1 is 0.939 bits per heavy atom. The molecule has 0 saturated carbocycles. The first-order valence-corrected chi connectivity index (χ1v) is 12.8. The van der Waals surface area contributed by atoms with Gasteiger partial charge in [0.2, 0.25) is 21.8 Å². The summed E-state index contributed by atoms with van der Waals surface area (Å²) in [6.45, 7) is 8.78. The maximum absolute atomic E-state index is 13.1. The normalized spacial score (nSPS) is 14.8. The maximum atomic E-state index is 13.1. The molecule has 1 aliphatic rings. The Balaban J connectivity index is 1.54. The number of anilines is 1. The highest BCUT2D eigenvalue weighted by Gasteiger charge is 2.31. The van der Waals surface area contributed by atoms with Gasteiger partial charge in [-0.2, -0.15) is 4.31 Å². The maximum Gasteiger partial charge on any atom is 0.243 e. The lowest BCUT2D eigenvalue weighted by Gasteiger charge is -2.34. The van der Waals surface area contributed by atoms with Gasteiger partial charge in [-0.15, -0.1) is 0 Å². The molecule has 0 unspecified atom stereocenters. The fraction of sp³-hybridized carbons (Fsp3) is 0.440. The van der Waals surface area contributed by atoms with Crippen LogP contribution >= 0.6 is 0 Å². The molecule has 0 aromatic heterocycles. The smallest absolute Gasteiger partial charge is 0.243 e. The van der Waals surface area contributed by atoms with E-state index in [0.29, 0.717) is 23.5 Å². The van der Waals surface area contributed by atoms with E-state index in [1.54, 1.807) is 17.9 Å². The Morgan fingerprint density at radius 3 is 2.30 bits per heavy atom. The molecule has 1 aliphatic heterocycles. The Bertz CT molecular complexity index is 1140. The summed E-state index contributed by atoms with van der Waals surface area (Å²) in [7, 11) is -3.60. The van der Waals surface area contributed by atoms with Gasteiger partial charge < -0.3 is 10.2 Å². The Hall–Kier alpha value is -2.71. The zero-order chi connectivity index (χ0) is 24.2. The third-order valence-corrected chi connectivity index (χ3v) is 8.16. The molecule has 0 spiro atoms. The number of hydrogen-bond acceptors (Lipinski definition) is 4. The summed E-state index contributed by atoms with van der Waals surface area (Å²) in [6.07, 6.45) is 1.01. The fourth-order valence-electron chi connectivity index (χ4n) is 4.08. The lowest BCUT2D eigenvalue weighted by Crippen LogP contribution is -2.50. The topological polar surface area (TPSA) is 86.8 Å². The van der Waals surface area contributed by atoms with Gasteiger partial charge in [-0.05, 0) is 55.5 Å². The van der Waals surface area contributed by atoms with E-state index < -0.39 is 10.0 Å². The number of benzene rings is 2. The van der Waals surface area contributed by atoms with Gasteiger partial charge in [0.25, 0.3) is 0 Å². The van der Waals surface area contributed by atoms with Crippen LogP contribution in [0.2, 0.25) is 0 Å². The number of carbonyl (C=O) groups excluding carboxylic acids is 2. The minimum Gasteiger partial charge on any atom is -0.340 e. The second kappa shape index (κ2) is 10.5. The molecular formula is C25H33N3O4S. The molecule has 178 valence electrons. The van der Waals surface area contributed by atoms with Gasteiger partial charge in [0.05, 0.1) is 4.90 Å². The van der Waals surface area contributed by atoms with Crippen molar-refractivity contribution in [1.29, 1.82) is 0 Å². The molecule has 2 amide bonds. The molecule has 0 bridgehead atoms. The first-order valence-electron chi connectivity index (χ1n) is 11.4. The minimum atomic E-state index is -3.60. The average Bonchev–Trinajstić information content (AvgIpc) is 2.80. The molecule has 1 fully saturated rings. The van der Waals surface area contributed by atoms with Gasteiger partial charge in [0.15, 0.2) is 0 Å². The molecule has 1 heterocycles. The molecule has 1 N–H and O–H groups in total. The van der Waals surface area contributed by atoms with Crippen LogP contribution in [-0.2, 0) is 26.0 Å². The molecule has 2 aromatic rings. The quantitative estimate of drug-likeness (QED) is 0.670. The van der Waals surface area contributed by atoms with Crippen LogP contribution in [0.3, 0.4) is 0 Å². The number of nitrogens with one attached hydrogen (secondary N) is 1. The molecule has 0 atom stereocenters. The van der Waals surface area contributed by atoms with Crippen molar-refractivity contribution in [2.24, 2.45) is 0 Å². The van der Waals surface area contributed by atoms with Crippen LogP contribution in [0.1, 0.15) is 42.0 Å². The average molecular weight is 472 g/mol. The highest BCUT2D eigenvalue weighted by atomic mass is 32.2. The number of amides is 2. The SMILES string of the molecule is CCc1cccc(C)c1NC(=O)CCC(=O)N1CCN(S(=O)(=O)c2cc(C)ccc2C)CC1. The summed E-state index contributed by atoms with van der Waals surface area (Å²) in [6, 6.07) is 11.3.